The Hall–Kier alpha value is -0.540. The Morgan fingerprint density at radius 2 is 2.25 bits per heavy atom. The molecule has 2 rings (SSSR count). The molecule has 0 aliphatic heterocycles. The van der Waals surface area contributed by atoms with Gasteiger partial charge in [0.1, 0.15) is 0 Å². The lowest BCUT2D eigenvalue weighted by molar-refractivity contribution is 0.948. The second-order valence-corrected chi connectivity index (χ2v) is 3.93. The highest BCUT2D eigenvalue weighted by atomic mass is 79.9. The minimum absolute atomic E-state index is 0.722. The molecule has 0 aliphatic carbocycles. The van der Waals surface area contributed by atoms with Crippen molar-refractivity contribution in [2.24, 2.45) is 7.05 Å². The quantitative estimate of drug-likeness (QED) is 0.698. The molecule has 62 valence electrons. The number of rotatable bonds is 0. The molecule has 12 heavy (non-hydrogen) atoms. The van der Waals surface area contributed by atoms with Crippen LogP contribution < -0.4 is 0 Å². The Labute approximate surface area is 83.3 Å². The van der Waals surface area contributed by atoms with Gasteiger partial charge in [-0.2, -0.15) is 0 Å². The van der Waals surface area contributed by atoms with E-state index in [2.05, 4.69) is 20.9 Å². The molecule has 2 aromatic rings. The summed E-state index contributed by atoms with van der Waals surface area (Å²) < 4.78 is 2.86. The Morgan fingerprint density at radius 1 is 1.50 bits per heavy atom. The fraction of sp³-hybridized carbons (Fsp3) is 0.125. The summed E-state index contributed by atoms with van der Waals surface area (Å²) in [5.74, 6) is 0. The van der Waals surface area contributed by atoms with Gasteiger partial charge in [-0.1, -0.05) is 27.5 Å². The molecule has 0 bridgehead atoms. The number of halogens is 2. The second-order valence-electron chi connectivity index (χ2n) is 2.61. The number of hydrogen-bond donors (Lipinski definition) is 0. The first-order valence-corrected chi connectivity index (χ1v) is 4.61. The molecule has 0 spiro atoms. The first-order valence-electron chi connectivity index (χ1n) is 3.44. The molecule has 2 nitrogen and oxygen atoms in total. The summed E-state index contributed by atoms with van der Waals surface area (Å²) in [6.07, 6.45) is 1.75. The van der Waals surface area contributed by atoms with Gasteiger partial charge in [-0.25, -0.2) is 4.98 Å². The summed E-state index contributed by atoms with van der Waals surface area (Å²) in [5, 5.41) is 0.722. The van der Waals surface area contributed by atoms with E-state index in [-0.39, 0.29) is 0 Å². The maximum Gasteiger partial charge on any atom is 0.0956 e. The largest absolute Gasteiger partial charge is 0.333 e. The number of hydrogen-bond acceptors (Lipinski definition) is 1. The molecule has 0 N–H and O–H groups in total. The monoisotopic (exact) mass is 244 g/mol. The minimum Gasteiger partial charge on any atom is -0.333 e. The van der Waals surface area contributed by atoms with Crippen LogP contribution in [0.3, 0.4) is 0 Å². The van der Waals surface area contributed by atoms with Gasteiger partial charge in [0.15, 0.2) is 0 Å². The molecule has 0 amide bonds. The molecule has 0 unspecified atom stereocenters. The second kappa shape index (κ2) is 2.75. The van der Waals surface area contributed by atoms with Crippen LogP contribution in [0.2, 0.25) is 5.02 Å². The van der Waals surface area contributed by atoms with Crippen molar-refractivity contribution in [1.29, 1.82) is 0 Å². The van der Waals surface area contributed by atoms with E-state index in [4.69, 9.17) is 11.6 Å². The van der Waals surface area contributed by atoms with Gasteiger partial charge in [0, 0.05) is 11.5 Å². The van der Waals surface area contributed by atoms with Gasteiger partial charge in [0.05, 0.1) is 22.4 Å². The third-order valence-corrected chi connectivity index (χ3v) is 2.48. The van der Waals surface area contributed by atoms with Crippen LogP contribution in [0.5, 0.6) is 0 Å². The van der Waals surface area contributed by atoms with Crippen molar-refractivity contribution in [2.75, 3.05) is 0 Å². The van der Waals surface area contributed by atoms with Crippen molar-refractivity contribution in [3.8, 4) is 0 Å². The summed E-state index contributed by atoms with van der Waals surface area (Å²) in [6.45, 7) is 0. The van der Waals surface area contributed by atoms with Crippen LogP contribution in [-0.4, -0.2) is 9.55 Å². The van der Waals surface area contributed by atoms with Gasteiger partial charge in [0.25, 0.3) is 0 Å². The Morgan fingerprint density at radius 3 is 3.00 bits per heavy atom. The first kappa shape index (κ1) is 8.08. The molecule has 1 heterocycles. The maximum absolute atomic E-state index is 6.02. The van der Waals surface area contributed by atoms with Gasteiger partial charge in [0.2, 0.25) is 0 Å². The normalized spacial score (nSPS) is 10.9. The van der Waals surface area contributed by atoms with E-state index >= 15 is 0 Å². The number of fused-ring (bicyclic) bond motifs is 1. The summed E-state index contributed by atoms with van der Waals surface area (Å²) in [4.78, 5) is 4.19. The smallest absolute Gasteiger partial charge is 0.0956 e. The van der Waals surface area contributed by atoms with Crippen LogP contribution >= 0.6 is 27.5 Å². The molecule has 0 radical (unpaired) electrons. The Kier molecular flexibility index (Phi) is 1.85. The summed E-state index contributed by atoms with van der Waals surface area (Å²) in [6, 6.07) is 3.81. The fourth-order valence-corrected chi connectivity index (χ4v) is 2.13. The predicted molar refractivity (Wildman–Crippen MR) is 53.4 cm³/mol. The number of nitrogens with zero attached hydrogens (tertiary/aromatic N) is 2. The third-order valence-electron chi connectivity index (χ3n) is 1.73. The van der Waals surface area contributed by atoms with E-state index in [1.807, 2.05) is 23.7 Å². The SMILES string of the molecule is Cn1cnc2cc(Br)cc(Cl)c21. The summed E-state index contributed by atoms with van der Waals surface area (Å²) in [5.41, 5.74) is 1.89. The molecular formula is C8H6BrClN2. The number of aromatic nitrogens is 2. The van der Waals surface area contributed by atoms with Gasteiger partial charge in [-0.3, -0.25) is 0 Å². The van der Waals surface area contributed by atoms with Gasteiger partial charge in [-0.05, 0) is 12.1 Å². The Bertz CT molecular complexity index is 436. The van der Waals surface area contributed by atoms with Gasteiger partial charge < -0.3 is 4.57 Å². The van der Waals surface area contributed by atoms with Crippen LogP contribution in [0.4, 0.5) is 0 Å². The maximum atomic E-state index is 6.02. The highest BCUT2D eigenvalue weighted by molar-refractivity contribution is 9.10. The van der Waals surface area contributed by atoms with Crippen LogP contribution in [0.1, 0.15) is 0 Å². The Balaban J connectivity index is 2.93. The standard InChI is InChI=1S/C8H6BrClN2/c1-12-4-11-7-3-5(9)2-6(10)8(7)12/h2-4H,1H3. The predicted octanol–water partition coefficient (Wildman–Crippen LogP) is 2.99. The zero-order valence-corrected chi connectivity index (χ0v) is 8.72. The van der Waals surface area contributed by atoms with Crippen molar-refractivity contribution in [2.45, 2.75) is 0 Å². The highest BCUT2D eigenvalue weighted by Crippen LogP contribution is 2.26. The van der Waals surface area contributed by atoms with Crippen molar-refractivity contribution in [3.05, 3.63) is 28.0 Å². The minimum atomic E-state index is 0.722. The van der Waals surface area contributed by atoms with Crippen LogP contribution in [0.15, 0.2) is 22.9 Å². The number of imidazole rings is 1. The lowest BCUT2D eigenvalue weighted by atomic mass is 10.3. The van der Waals surface area contributed by atoms with E-state index in [1.165, 1.54) is 0 Å². The highest BCUT2D eigenvalue weighted by Gasteiger charge is 2.04. The topological polar surface area (TPSA) is 17.8 Å². The molecule has 0 fully saturated rings. The zero-order valence-electron chi connectivity index (χ0n) is 6.38. The lowest BCUT2D eigenvalue weighted by Crippen LogP contribution is -1.84. The van der Waals surface area contributed by atoms with Crippen LogP contribution in [0.25, 0.3) is 11.0 Å². The molecule has 4 heteroatoms. The van der Waals surface area contributed by atoms with E-state index in [0.717, 1.165) is 20.5 Å². The van der Waals surface area contributed by atoms with Crippen LogP contribution in [0, 0.1) is 0 Å². The fourth-order valence-electron chi connectivity index (χ4n) is 1.21. The molecule has 1 aromatic heterocycles. The lowest BCUT2D eigenvalue weighted by Gasteiger charge is -1.97. The zero-order chi connectivity index (χ0) is 8.72. The van der Waals surface area contributed by atoms with Gasteiger partial charge in [-0.15, -0.1) is 0 Å². The summed E-state index contributed by atoms with van der Waals surface area (Å²) >= 11 is 9.38. The number of aryl methyl sites for hydroxylation is 1. The van der Waals surface area contributed by atoms with E-state index in [9.17, 15) is 0 Å². The molecule has 1 aromatic carbocycles. The van der Waals surface area contributed by atoms with Gasteiger partial charge >= 0.3 is 0 Å². The first-order chi connectivity index (χ1) is 5.68. The molecule has 0 saturated heterocycles. The van der Waals surface area contributed by atoms with Crippen molar-refractivity contribution < 1.29 is 0 Å². The van der Waals surface area contributed by atoms with E-state index in [0.29, 0.717) is 0 Å². The molecular weight excluding hydrogens is 239 g/mol. The average molecular weight is 246 g/mol. The van der Waals surface area contributed by atoms with E-state index < -0.39 is 0 Å². The number of benzene rings is 1. The molecule has 0 aliphatic rings. The van der Waals surface area contributed by atoms with Crippen molar-refractivity contribution in [1.82, 2.24) is 9.55 Å². The van der Waals surface area contributed by atoms with Crippen LogP contribution in [-0.2, 0) is 7.05 Å². The average Bonchev–Trinajstić information content (AvgIpc) is 2.31. The summed E-state index contributed by atoms with van der Waals surface area (Å²) in [7, 11) is 1.93. The molecule has 0 atom stereocenters. The van der Waals surface area contributed by atoms with Crippen molar-refractivity contribution >= 4 is 38.6 Å². The molecule has 0 saturated carbocycles. The van der Waals surface area contributed by atoms with E-state index in [1.54, 1.807) is 6.33 Å². The third kappa shape index (κ3) is 1.13. The van der Waals surface area contributed by atoms with Crippen molar-refractivity contribution in [3.63, 3.8) is 0 Å².